The number of halogens is 1. The Hall–Kier alpha value is -3.90. The van der Waals surface area contributed by atoms with Gasteiger partial charge in [0, 0.05) is 40.4 Å². The Morgan fingerprint density at radius 3 is 2.69 bits per heavy atom. The van der Waals surface area contributed by atoms with Gasteiger partial charge in [0.2, 0.25) is 0 Å². The zero-order chi connectivity index (χ0) is 25.5. The minimum atomic E-state index is -0.287. The van der Waals surface area contributed by atoms with Crippen molar-refractivity contribution in [2.24, 2.45) is 0 Å². The molecule has 6 nitrogen and oxygen atoms in total. The molecule has 0 spiro atoms. The summed E-state index contributed by atoms with van der Waals surface area (Å²) < 4.78 is 0. The van der Waals surface area contributed by atoms with Crippen LogP contribution in [0.3, 0.4) is 0 Å². The first kappa shape index (κ1) is 25.2. The number of carbonyl (C=O) groups excluding carboxylic acids is 2. The number of aromatic nitrogens is 3. The molecule has 0 radical (unpaired) electrons. The Kier molecular flexibility index (Phi) is 8.18. The Morgan fingerprint density at radius 1 is 1.11 bits per heavy atom. The van der Waals surface area contributed by atoms with Crippen LogP contribution in [-0.4, -0.2) is 26.6 Å². The van der Waals surface area contributed by atoms with Crippen molar-refractivity contribution in [3.8, 4) is 11.1 Å². The maximum Gasteiger partial charge on any atom is 0.256 e. The number of anilines is 1. The van der Waals surface area contributed by atoms with Gasteiger partial charge in [-0.05, 0) is 72.4 Å². The first-order valence-corrected chi connectivity index (χ1v) is 12.3. The highest BCUT2D eigenvalue weighted by Gasteiger charge is 2.19. The Balaban J connectivity index is 1.70. The molecule has 0 fully saturated rings. The van der Waals surface area contributed by atoms with E-state index in [1.807, 2.05) is 12.1 Å². The number of allylic oxidation sites excluding steroid dienone is 1. The van der Waals surface area contributed by atoms with Crippen LogP contribution in [0.25, 0.3) is 22.0 Å². The van der Waals surface area contributed by atoms with Gasteiger partial charge in [-0.1, -0.05) is 43.7 Å². The molecule has 0 saturated heterocycles. The van der Waals surface area contributed by atoms with Crippen LogP contribution >= 0.6 is 11.6 Å². The van der Waals surface area contributed by atoms with Gasteiger partial charge in [-0.3, -0.25) is 9.59 Å². The van der Waals surface area contributed by atoms with Crippen molar-refractivity contribution in [1.82, 2.24) is 15.0 Å². The fraction of sp³-hybridized carbons (Fsp3) is 0.207. The van der Waals surface area contributed by atoms with Gasteiger partial charge in [0.05, 0.1) is 5.52 Å². The number of nitrogens with zero attached hydrogens (tertiary/aromatic N) is 3. The van der Waals surface area contributed by atoms with E-state index in [0.717, 1.165) is 40.4 Å². The van der Waals surface area contributed by atoms with E-state index in [0.29, 0.717) is 29.2 Å². The molecule has 0 aliphatic rings. The summed E-state index contributed by atoms with van der Waals surface area (Å²) in [4.78, 5) is 37.5. The zero-order valence-corrected chi connectivity index (χ0v) is 20.8. The first-order chi connectivity index (χ1) is 17.5. The molecule has 1 amide bonds. The van der Waals surface area contributed by atoms with Crippen LogP contribution in [0.5, 0.6) is 0 Å². The molecule has 4 aromatic rings. The number of rotatable bonds is 10. The van der Waals surface area contributed by atoms with E-state index < -0.39 is 0 Å². The maximum atomic E-state index is 12.7. The summed E-state index contributed by atoms with van der Waals surface area (Å²) in [5.74, 6) is 0.371. The third-order valence-corrected chi connectivity index (χ3v) is 6.44. The van der Waals surface area contributed by atoms with Crippen LogP contribution in [0.15, 0.2) is 79.9 Å². The molecule has 2 aromatic heterocycles. The molecule has 0 aliphatic carbocycles. The third-order valence-electron chi connectivity index (χ3n) is 6.13. The van der Waals surface area contributed by atoms with E-state index in [4.69, 9.17) is 11.6 Å². The van der Waals surface area contributed by atoms with Crippen molar-refractivity contribution in [3.05, 3.63) is 96.1 Å². The number of ketones is 1. The van der Waals surface area contributed by atoms with Crippen molar-refractivity contribution in [1.29, 1.82) is 0 Å². The fourth-order valence-corrected chi connectivity index (χ4v) is 4.63. The number of benzene rings is 2. The zero-order valence-electron chi connectivity index (χ0n) is 20.1. The van der Waals surface area contributed by atoms with E-state index >= 15 is 0 Å². The molecular weight excluding hydrogens is 472 g/mol. The summed E-state index contributed by atoms with van der Waals surface area (Å²) in [6.45, 7) is 5.73. The second kappa shape index (κ2) is 11.7. The Morgan fingerprint density at radius 2 is 1.97 bits per heavy atom. The van der Waals surface area contributed by atoms with Crippen molar-refractivity contribution < 1.29 is 9.59 Å². The highest BCUT2D eigenvalue weighted by Crippen LogP contribution is 2.37. The van der Waals surface area contributed by atoms with Crippen LogP contribution < -0.4 is 5.32 Å². The number of pyridine rings is 1. The summed E-state index contributed by atoms with van der Waals surface area (Å²) in [5, 5.41) is 4.13. The van der Waals surface area contributed by atoms with Gasteiger partial charge in [0.15, 0.2) is 5.78 Å². The van der Waals surface area contributed by atoms with Gasteiger partial charge >= 0.3 is 0 Å². The fourth-order valence-electron chi connectivity index (χ4n) is 4.34. The van der Waals surface area contributed by atoms with Crippen molar-refractivity contribution in [3.63, 3.8) is 0 Å². The lowest BCUT2D eigenvalue weighted by Gasteiger charge is -2.19. The lowest BCUT2D eigenvalue weighted by Crippen LogP contribution is -2.12. The minimum absolute atomic E-state index is 0.0359. The third kappa shape index (κ3) is 5.83. The number of nitrogens with one attached hydrogen (secondary N) is 1. The molecule has 4 rings (SSSR count). The van der Waals surface area contributed by atoms with E-state index in [1.54, 1.807) is 49.1 Å². The van der Waals surface area contributed by atoms with Gasteiger partial charge < -0.3 is 5.32 Å². The number of fused-ring (bicyclic) bond motifs is 1. The number of hydrogen-bond acceptors (Lipinski definition) is 5. The maximum absolute atomic E-state index is 12.7. The van der Waals surface area contributed by atoms with Crippen LogP contribution in [0.1, 0.15) is 54.4 Å². The van der Waals surface area contributed by atoms with Crippen LogP contribution in [0.4, 0.5) is 5.82 Å². The summed E-state index contributed by atoms with van der Waals surface area (Å²) in [5.41, 5.74) is 4.09. The van der Waals surface area contributed by atoms with Crippen LogP contribution in [-0.2, 0) is 4.79 Å². The van der Waals surface area contributed by atoms with Crippen molar-refractivity contribution >= 4 is 40.0 Å². The molecule has 0 aliphatic heterocycles. The average molecular weight is 499 g/mol. The monoisotopic (exact) mass is 498 g/mol. The van der Waals surface area contributed by atoms with Gasteiger partial charge in [0.25, 0.3) is 5.91 Å². The van der Waals surface area contributed by atoms with Crippen LogP contribution in [0, 0.1) is 0 Å². The highest BCUT2D eigenvalue weighted by atomic mass is 35.5. The highest BCUT2D eigenvalue weighted by molar-refractivity contribution is 6.33. The lowest BCUT2D eigenvalue weighted by atomic mass is 9.86. The van der Waals surface area contributed by atoms with E-state index in [2.05, 4.69) is 39.8 Å². The van der Waals surface area contributed by atoms with Gasteiger partial charge in [0.1, 0.15) is 12.1 Å². The normalized spacial score (nSPS) is 11.7. The Labute approximate surface area is 215 Å². The lowest BCUT2D eigenvalue weighted by molar-refractivity contribution is -0.114. The molecular formula is C29H27ClN4O2. The molecule has 2 heterocycles. The van der Waals surface area contributed by atoms with E-state index in [-0.39, 0.29) is 17.6 Å². The smallest absolute Gasteiger partial charge is 0.256 e. The predicted octanol–water partition coefficient (Wildman–Crippen LogP) is 7.02. The molecule has 2 aromatic carbocycles. The number of carbonyl (C=O) groups is 2. The Bertz CT molecular complexity index is 1410. The molecule has 0 bridgehead atoms. The summed E-state index contributed by atoms with van der Waals surface area (Å²) in [6.07, 6.45) is 9.38. The van der Waals surface area contributed by atoms with E-state index in [1.165, 1.54) is 6.08 Å². The van der Waals surface area contributed by atoms with Crippen molar-refractivity contribution in [2.75, 3.05) is 5.32 Å². The molecule has 36 heavy (non-hydrogen) atoms. The van der Waals surface area contributed by atoms with Crippen molar-refractivity contribution in [2.45, 2.75) is 38.5 Å². The molecule has 182 valence electrons. The molecule has 7 heteroatoms. The minimum Gasteiger partial charge on any atom is -0.307 e. The summed E-state index contributed by atoms with van der Waals surface area (Å²) in [7, 11) is 0. The number of hydrogen-bond donors (Lipinski definition) is 1. The molecule has 1 N–H and O–H groups in total. The standard InChI is InChI=1S/C29H27ClN4O2/c1-3-7-19(9-11-23(35)4-2)25-15-21(14-22-17-31-18-33-28(22)25)24-12-10-20(16-26(24)30)29(36)34-27-8-5-6-13-32-27/h4-6,8,10,12-19H,2-3,7,9,11H2,1H3,(H,32,34,36). The molecule has 0 saturated carbocycles. The van der Waals surface area contributed by atoms with Crippen LogP contribution in [0.2, 0.25) is 5.02 Å². The van der Waals surface area contributed by atoms with Gasteiger partial charge in [-0.2, -0.15) is 0 Å². The first-order valence-electron chi connectivity index (χ1n) is 11.9. The summed E-state index contributed by atoms with van der Waals surface area (Å²) in [6, 6.07) is 14.7. The molecule has 1 unspecified atom stereocenters. The quantitative estimate of drug-likeness (QED) is 0.237. The average Bonchev–Trinajstić information content (AvgIpc) is 2.90. The summed E-state index contributed by atoms with van der Waals surface area (Å²) >= 11 is 6.69. The van der Waals surface area contributed by atoms with Gasteiger partial charge in [-0.25, -0.2) is 15.0 Å². The SMILES string of the molecule is C=CC(=O)CCC(CCC)c1cc(-c2ccc(C(=O)Nc3ccccn3)cc2Cl)cc2cncnc12. The topological polar surface area (TPSA) is 84.8 Å². The largest absolute Gasteiger partial charge is 0.307 e. The number of amides is 1. The molecule has 1 atom stereocenters. The van der Waals surface area contributed by atoms with Gasteiger partial charge in [-0.15, -0.1) is 0 Å². The second-order valence-electron chi connectivity index (χ2n) is 8.58. The predicted molar refractivity (Wildman–Crippen MR) is 144 cm³/mol. The van der Waals surface area contributed by atoms with E-state index in [9.17, 15) is 9.59 Å². The second-order valence-corrected chi connectivity index (χ2v) is 8.99.